The number of pyridine rings is 1. The third-order valence-electron chi connectivity index (χ3n) is 6.62. The summed E-state index contributed by atoms with van der Waals surface area (Å²) in [7, 11) is 1.39. The van der Waals surface area contributed by atoms with Gasteiger partial charge >= 0.3 is 0 Å². The molecule has 2 aromatic rings. The van der Waals surface area contributed by atoms with Crippen LogP contribution in [0.1, 0.15) is 45.7 Å². The molecule has 7 heteroatoms. The van der Waals surface area contributed by atoms with Gasteiger partial charge in [-0.05, 0) is 24.8 Å². The molecule has 0 spiro atoms. The van der Waals surface area contributed by atoms with Gasteiger partial charge in [0.1, 0.15) is 6.17 Å². The van der Waals surface area contributed by atoms with Crippen LogP contribution < -0.4 is 10.2 Å². The second-order valence-corrected chi connectivity index (χ2v) is 8.29. The van der Waals surface area contributed by atoms with Crippen LogP contribution in [0, 0.1) is 0 Å². The van der Waals surface area contributed by atoms with Crippen molar-refractivity contribution >= 4 is 11.7 Å². The normalized spacial score (nSPS) is 22.6. The van der Waals surface area contributed by atoms with Crippen molar-refractivity contribution in [3.63, 3.8) is 0 Å². The number of methoxy groups -OCH3 is 1. The topological polar surface area (TPSA) is 71.8 Å². The summed E-state index contributed by atoms with van der Waals surface area (Å²) < 4.78 is 7.13. The molecule has 0 radical (unpaired) electrons. The standard InChI is InChI=1S/C23H25N3O4/c1-30-22-20-23(29)26-12-16-8-5-11-25(16)19(26)14-24(20)13-17(21(22)28)18(27)10-9-15-6-3-2-4-7-15/h2-4,6-7,13,16,19H,5,8-12,14H2,1H3/t16?,19-/m1/s1. The van der Waals surface area contributed by atoms with Gasteiger partial charge in [0.15, 0.2) is 17.2 Å². The van der Waals surface area contributed by atoms with Crippen molar-refractivity contribution in [1.29, 1.82) is 0 Å². The first-order valence-electron chi connectivity index (χ1n) is 10.5. The second kappa shape index (κ2) is 7.40. The number of ketones is 1. The number of rotatable bonds is 5. The lowest BCUT2D eigenvalue weighted by molar-refractivity contribution is 0.0513. The number of Topliss-reactive ketones (excluding diaryl/α,β-unsaturated/α-hetero) is 1. The van der Waals surface area contributed by atoms with Crippen LogP contribution in [0.3, 0.4) is 0 Å². The Labute approximate surface area is 174 Å². The summed E-state index contributed by atoms with van der Waals surface area (Å²) in [6, 6.07) is 10.1. The zero-order chi connectivity index (χ0) is 20.8. The molecule has 0 aliphatic carbocycles. The van der Waals surface area contributed by atoms with Crippen LogP contribution in [-0.2, 0) is 13.0 Å². The van der Waals surface area contributed by atoms with E-state index in [2.05, 4.69) is 4.90 Å². The fourth-order valence-electron chi connectivity index (χ4n) is 5.14. The van der Waals surface area contributed by atoms with E-state index in [1.54, 1.807) is 10.8 Å². The number of carbonyl (C=O) groups excluding carboxylic acids is 2. The van der Waals surface area contributed by atoms with Crippen LogP contribution in [0.5, 0.6) is 5.75 Å². The molecule has 5 rings (SSSR count). The number of amides is 1. The largest absolute Gasteiger partial charge is 0.491 e. The fraction of sp³-hybridized carbons (Fsp3) is 0.435. The molecule has 0 N–H and O–H groups in total. The lowest BCUT2D eigenvalue weighted by atomic mass is 10.0. The van der Waals surface area contributed by atoms with Gasteiger partial charge in [-0.3, -0.25) is 19.3 Å². The van der Waals surface area contributed by atoms with E-state index in [4.69, 9.17) is 4.74 Å². The van der Waals surface area contributed by atoms with E-state index in [9.17, 15) is 14.4 Å². The van der Waals surface area contributed by atoms with E-state index >= 15 is 0 Å². The first-order valence-corrected chi connectivity index (χ1v) is 10.5. The highest BCUT2D eigenvalue weighted by Crippen LogP contribution is 2.35. The third-order valence-corrected chi connectivity index (χ3v) is 6.62. The Bertz CT molecular complexity index is 1060. The maximum Gasteiger partial charge on any atom is 0.275 e. The summed E-state index contributed by atoms with van der Waals surface area (Å²) >= 11 is 0. The van der Waals surface area contributed by atoms with Crippen molar-refractivity contribution in [1.82, 2.24) is 14.4 Å². The summed E-state index contributed by atoms with van der Waals surface area (Å²) in [4.78, 5) is 43.4. The Morgan fingerprint density at radius 3 is 2.73 bits per heavy atom. The van der Waals surface area contributed by atoms with E-state index in [1.807, 2.05) is 35.2 Å². The van der Waals surface area contributed by atoms with Gasteiger partial charge in [-0.25, -0.2) is 0 Å². The lowest BCUT2D eigenvalue weighted by Gasteiger charge is -2.36. The molecule has 3 aliphatic heterocycles. The average Bonchev–Trinajstić information content (AvgIpc) is 3.35. The molecule has 1 aromatic carbocycles. The molecule has 4 heterocycles. The maximum absolute atomic E-state index is 13.2. The van der Waals surface area contributed by atoms with Gasteiger partial charge in [-0.15, -0.1) is 0 Å². The van der Waals surface area contributed by atoms with Gasteiger partial charge in [0, 0.05) is 31.7 Å². The first kappa shape index (κ1) is 19.1. The zero-order valence-corrected chi connectivity index (χ0v) is 17.0. The average molecular weight is 407 g/mol. The molecule has 7 nitrogen and oxygen atoms in total. The van der Waals surface area contributed by atoms with Gasteiger partial charge in [-0.1, -0.05) is 30.3 Å². The number of hydrogen-bond acceptors (Lipinski definition) is 5. The van der Waals surface area contributed by atoms with Gasteiger partial charge in [0.05, 0.1) is 19.2 Å². The van der Waals surface area contributed by atoms with E-state index < -0.39 is 5.43 Å². The molecule has 2 saturated heterocycles. The number of aromatic nitrogens is 1. The predicted molar refractivity (Wildman–Crippen MR) is 111 cm³/mol. The number of fused-ring (bicyclic) bond motifs is 4. The van der Waals surface area contributed by atoms with E-state index in [-0.39, 0.29) is 41.3 Å². The van der Waals surface area contributed by atoms with Crippen molar-refractivity contribution in [2.75, 3.05) is 20.2 Å². The number of aryl methyl sites for hydroxylation is 1. The van der Waals surface area contributed by atoms with Crippen LogP contribution in [0.2, 0.25) is 0 Å². The second-order valence-electron chi connectivity index (χ2n) is 8.29. The summed E-state index contributed by atoms with van der Waals surface area (Å²) in [5, 5.41) is 0. The van der Waals surface area contributed by atoms with Crippen molar-refractivity contribution in [2.45, 2.75) is 44.4 Å². The number of nitrogens with zero attached hydrogens (tertiary/aromatic N) is 3. The number of benzene rings is 1. The van der Waals surface area contributed by atoms with E-state index in [1.165, 1.54) is 7.11 Å². The zero-order valence-electron chi connectivity index (χ0n) is 17.0. The van der Waals surface area contributed by atoms with Crippen LogP contribution in [0.4, 0.5) is 0 Å². The van der Waals surface area contributed by atoms with E-state index in [0.29, 0.717) is 25.6 Å². The summed E-state index contributed by atoms with van der Waals surface area (Å²) in [6.07, 6.45) is 4.60. The highest BCUT2D eigenvalue weighted by Gasteiger charge is 2.48. The van der Waals surface area contributed by atoms with Crippen LogP contribution in [0.15, 0.2) is 41.3 Å². The minimum Gasteiger partial charge on any atom is -0.491 e. The fourth-order valence-corrected chi connectivity index (χ4v) is 5.14. The van der Waals surface area contributed by atoms with Gasteiger partial charge in [0.25, 0.3) is 5.91 Å². The van der Waals surface area contributed by atoms with Gasteiger partial charge in [0.2, 0.25) is 5.43 Å². The Hall–Kier alpha value is -2.93. The van der Waals surface area contributed by atoms with E-state index in [0.717, 1.165) is 24.9 Å². The minimum atomic E-state index is -0.492. The quantitative estimate of drug-likeness (QED) is 0.709. The number of carbonyl (C=O) groups is 2. The molecule has 30 heavy (non-hydrogen) atoms. The molecular weight excluding hydrogens is 382 g/mol. The molecule has 3 aliphatic rings. The maximum atomic E-state index is 13.2. The van der Waals surface area contributed by atoms with Crippen molar-refractivity contribution in [3.05, 3.63) is 63.6 Å². The molecule has 0 saturated carbocycles. The number of ether oxygens (including phenoxy) is 1. The Morgan fingerprint density at radius 2 is 1.97 bits per heavy atom. The summed E-state index contributed by atoms with van der Waals surface area (Å²) in [5.74, 6) is -0.424. The summed E-state index contributed by atoms with van der Waals surface area (Å²) in [6.45, 7) is 2.22. The summed E-state index contributed by atoms with van der Waals surface area (Å²) in [5.41, 5.74) is 0.921. The molecule has 156 valence electrons. The molecule has 1 aromatic heterocycles. The van der Waals surface area contributed by atoms with Crippen LogP contribution >= 0.6 is 0 Å². The highest BCUT2D eigenvalue weighted by molar-refractivity contribution is 6.00. The minimum absolute atomic E-state index is 0.0167. The third kappa shape index (κ3) is 2.96. The molecule has 1 amide bonds. The lowest BCUT2D eigenvalue weighted by Crippen LogP contribution is -2.50. The molecule has 0 bridgehead atoms. The molecule has 1 unspecified atom stereocenters. The highest BCUT2D eigenvalue weighted by atomic mass is 16.5. The van der Waals surface area contributed by atoms with Crippen molar-refractivity contribution in [3.8, 4) is 5.75 Å². The smallest absolute Gasteiger partial charge is 0.275 e. The molecule has 2 atom stereocenters. The first-order chi connectivity index (χ1) is 14.6. The number of hydrogen-bond donors (Lipinski definition) is 0. The monoisotopic (exact) mass is 407 g/mol. The van der Waals surface area contributed by atoms with Crippen molar-refractivity contribution < 1.29 is 14.3 Å². The van der Waals surface area contributed by atoms with Crippen LogP contribution in [0.25, 0.3) is 0 Å². The Morgan fingerprint density at radius 1 is 1.17 bits per heavy atom. The predicted octanol–water partition coefficient (Wildman–Crippen LogP) is 1.93. The van der Waals surface area contributed by atoms with Crippen molar-refractivity contribution in [2.24, 2.45) is 0 Å². The SMILES string of the molecule is COc1c2n(cc(C(=O)CCc3ccccc3)c1=O)C[C@H]1N(CC3CCCN31)C2=O. The Balaban J connectivity index is 1.48. The van der Waals surface area contributed by atoms with Gasteiger partial charge in [-0.2, -0.15) is 0 Å². The molecular formula is C23H25N3O4. The van der Waals surface area contributed by atoms with Crippen LogP contribution in [-0.4, -0.2) is 58.5 Å². The van der Waals surface area contributed by atoms with Gasteiger partial charge < -0.3 is 14.2 Å². The molecule has 2 fully saturated rings. The Kier molecular flexibility index (Phi) is 4.70.